The summed E-state index contributed by atoms with van der Waals surface area (Å²) in [7, 11) is 1.43. The van der Waals surface area contributed by atoms with Gasteiger partial charge in [0.15, 0.2) is 5.69 Å². The largest absolute Gasteiger partial charge is 0.501 e. The number of nitrogens with zero attached hydrogens (tertiary/aromatic N) is 6. The lowest BCUT2D eigenvalue weighted by Gasteiger charge is -2.26. The Labute approximate surface area is 210 Å². The van der Waals surface area contributed by atoms with E-state index in [1.807, 2.05) is 26.1 Å². The zero-order chi connectivity index (χ0) is 26.9. The predicted octanol–water partition coefficient (Wildman–Crippen LogP) is 3.20. The fraction of sp³-hybridized carbons (Fsp3) is 0.280. The van der Waals surface area contributed by atoms with Crippen LogP contribution in [0.25, 0.3) is 0 Å². The minimum absolute atomic E-state index is 0.120. The number of hydrogen-bond donors (Lipinski definition) is 2. The monoisotopic (exact) mass is 505 g/mol. The number of nitrogens with one attached hydrogen (secondary N) is 1. The van der Waals surface area contributed by atoms with Crippen LogP contribution in [0.15, 0.2) is 46.2 Å². The van der Waals surface area contributed by atoms with Crippen molar-refractivity contribution >= 4 is 11.6 Å². The Kier molecular flexibility index (Phi) is 6.88. The third-order valence-electron chi connectivity index (χ3n) is 6.23. The van der Waals surface area contributed by atoms with E-state index in [9.17, 15) is 24.3 Å². The van der Waals surface area contributed by atoms with Crippen molar-refractivity contribution in [3.8, 4) is 11.8 Å². The van der Waals surface area contributed by atoms with Gasteiger partial charge >= 0.3 is 0 Å². The summed E-state index contributed by atoms with van der Waals surface area (Å²) in [5, 5.41) is 30.7. The minimum Gasteiger partial charge on any atom is -0.501 e. The molecule has 12 heteroatoms. The van der Waals surface area contributed by atoms with Crippen molar-refractivity contribution < 1.29 is 18.8 Å². The van der Waals surface area contributed by atoms with Crippen LogP contribution in [0.4, 0.5) is 10.1 Å². The van der Waals surface area contributed by atoms with Gasteiger partial charge in [-0.15, -0.1) is 0 Å². The van der Waals surface area contributed by atoms with Crippen molar-refractivity contribution in [2.45, 2.75) is 39.2 Å². The molecular weight excluding hydrogens is 481 g/mol. The van der Waals surface area contributed by atoms with Gasteiger partial charge in [0.05, 0.1) is 23.5 Å². The lowest BCUT2D eigenvalue weighted by molar-refractivity contribution is 0.101. The third-order valence-corrected chi connectivity index (χ3v) is 6.23. The van der Waals surface area contributed by atoms with E-state index in [2.05, 4.69) is 20.6 Å². The van der Waals surface area contributed by atoms with E-state index >= 15 is 0 Å². The van der Waals surface area contributed by atoms with Gasteiger partial charge in [-0.2, -0.15) is 10.4 Å². The van der Waals surface area contributed by atoms with Gasteiger partial charge in [-0.25, -0.2) is 9.37 Å². The predicted molar refractivity (Wildman–Crippen MR) is 130 cm³/mol. The average molecular weight is 506 g/mol. The van der Waals surface area contributed by atoms with Gasteiger partial charge in [0.1, 0.15) is 23.6 Å². The van der Waals surface area contributed by atoms with Crippen LogP contribution < -0.4 is 10.9 Å². The van der Waals surface area contributed by atoms with Crippen LogP contribution in [0.1, 0.15) is 64.4 Å². The normalized spacial score (nSPS) is 12.6. The zero-order valence-electron chi connectivity index (χ0n) is 20.6. The topological polar surface area (TPSA) is 152 Å². The molecule has 0 aliphatic rings. The van der Waals surface area contributed by atoms with E-state index in [0.29, 0.717) is 17.8 Å². The number of amides is 1. The first-order valence-electron chi connectivity index (χ1n) is 11.4. The second-order valence-electron chi connectivity index (χ2n) is 8.53. The molecule has 0 fully saturated rings. The Balaban J connectivity index is 1.90. The molecule has 4 aromatic rings. The van der Waals surface area contributed by atoms with Gasteiger partial charge in [-0.1, -0.05) is 18.1 Å². The first kappa shape index (κ1) is 25.3. The molecule has 2 N–H and O–H groups in total. The summed E-state index contributed by atoms with van der Waals surface area (Å²) in [6, 6.07) is 5.98. The van der Waals surface area contributed by atoms with Gasteiger partial charge in [-0.05, 0) is 31.5 Å². The van der Waals surface area contributed by atoms with Gasteiger partial charge in [0, 0.05) is 37.2 Å². The molecule has 0 spiro atoms. The number of anilines is 1. The highest BCUT2D eigenvalue weighted by Gasteiger charge is 2.32. The Hall–Kier alpha value is -4.79. The number of carbonyl (C=O) groups excluding carboxylic acids is 1. The second-order valence-corrected chi connectivity index (χ2v) is 8.53. The standard InChI is InChI=1S/C25H24FN7O4/c1-5-33-11-19(14(3)31-33)20(18-7-6-16(26)8-15(18)9-27)13(2)23-30-21(22(34)25(36)32(23)4)24(35)29-17-10-28-37-12-17/h6-8,10-13,20,34H,5H2,1-4H3,(H,29,35)/t13-,20-/m0/s1. The summed E-state index contributed by atoms with van der Waals surface area (Å²) in [6.45, 7) is 6.12. The first-order valence-corrected chi connectivity index (χ1v) is 11.4. The molecule has 0 saturated heterocycles. The van der Waals surface area contributed by atoms with Gasteiger partial charge in [-0.3, -0.25) is 18.8 Å². The molecule has 37 heavy (non-hydrogen) atoms. The minimum atomic E-state index is -0.835. The molecule has 1 amide bonds. The first-order chi connectivity index (χ1) is 17.7. The average Bonchev–Trinajstić information content (AvgIpc) is 3.53. The number of carbonyl (C=O) groups is 1. The lowest BCUT2D eigenvalue weighted by atomic mass is 9.79. The van der Waals surface area contributed by atoms with E-state index in [1.54, 1.807) is 11.6 Å². The molecule has 11 nitrogen and oxygen atoms in total. The van der Waals surface area contributed by atoms with Crippen LogP contribution in [-0.4, -0.2) is 35.5 Å². The number of benzene rings is 1. The summed E-state index contributed by atoms with van der Waals surface area (Å²) in [6.07, 6.45) is 4.27. The fourth-order valence-electron chi connectivity index (χ4n) is 4.38. The van der Waals surface area contributed by atoms with Crippen molar-refractivity contribution in [2.24, 2.45) is 7.05 Å². The number of aromatic nitrogens is 5. The smallest absolute Gasteiger partial charge is 0.296 e. The van der Waals surface area contributed by atoms with Gasteiger partial charge in [0.2, 0.25) is 5.75 Å². The van der Waals surface area contributed by atoms with Crippen molar-refractivity contribution in [1.29, 1.82) is 5.26 Å². The van der Waals surface area contributed by atoms with Crippen LogP contribution in [0.3, 0.4) is 0 Å². The quantitative estimate of drug-likeness (QED) is 0.388. The molecule has 3 heterocycles. The van der Waals surface area contributed by atoms with E-state index < -0.39 is 40.6 Å². The number of hydrogen-bond acceptors (Lipinski definition) is 8. The van der Waals surface area contributed by atoms with E-state index in [1.165, 1.54) is 31.6 Å². The summed E-state index contributed by atoms with van der Waals surface area (Å²) in [5.74, 6) is -3.26. The van der Waals surface area contributed by atoms with E-state index in [0.717, 1.165) is 16.2 Å². The maximum atomic E-state index is 14.0. The third kappa shape index (κ3) is 4.71. The number of nitriles is 1. The Morgan fingerprint density at radius 1 is 1.35 bits per heavy atom. The van der Waals surface area contributed by atoms with Gasteiger partial charge in [0.25, 0.3) is 11.5 Å². The van der Waals surface area contributed by atoms with Crippen molar-refractivity contribution in [3.05, 3.63) is 86.9 Å². The molecule has 3 aromatic heterocycles. The SMILES string of the molecule is CCn1cc([C@H](c2ccc(F)cc2C#N)[C@H](C)c2nc(C(=O)Nc3cnoc3)c(O)c(=O)n2C)c(C)n1. The summed E-state index contributed by atoms with van der Waals surface area (Å²) in [4.78, 5) is 30.2. The zero-order valence-corrected chi connectivity index (χ0v) is 20.6. The van der Waals surface area contributed by atoms with Crippen LogP contribution in [0, 0.1) is 24.1 Å². The molecule has 0 bridgehead atoms. The number of rotatable bonds is 7. The molecule has 0 saturated carbocycles. The van der Waals surface area contributed by atoms with E-state index in [4.69, 9.17) is 4.52 Å². The van der Waals surface area contributed by atoms with Crippen molar-refractivity contribution in [1.82, 2.24) is 24.5 Å². The fourth-order valence-corrected chi connectivity index (χ4v) is 4.38. The Morgan fingerprint density at radius 3 is 2.73 bits per heavy atom. The molecule has 0 unspecified atom stereocenters. The molecule has 2 atom stereocenters. The van der Waals surface area contributed by atoms with Crippen molar-refractivity contribution in [2.75, 3.05) is 5.32 Å². The Morgan fingerprint density at radius 2 is 2.11 bits per heavy atom. The highest BCUT2D eigenvalue weighted by Crippen LogP contribution is 2.40. The molecule has 1 aromatic carbocycles. The molecule has 4 rings (SSSR count). The molecule has 0 aliphatic carbocycles. The lowest BCUT2D eigenvalue weighted by Crippen LogP contribution is -2.29. The number of aromatic hydroxyl groups is 1. The number of halogens is 1. The molecular formula is C25H24FN7O4. The molecule has 190 valence electrons. The second kappa shape index (κ2) is 10.1. The Bertz CT molecular complexity index is 1570. The molecule has 0 radical (unpaired) electrons. The molecule has 0 aliphatic heterocycles. The summed E-state index contributed by atoms with van der Waals surface area (Å²) >= 11 is 0. The summed E-state index contributed by atoms with van der Waals surface area (Å²) in [5.41, 5.74) is 0.961. The maximum absolute atomic E-state index is 14.0. The van der Waals surface area contributed by atoms with Crippen LogP contribution in [-0.2, 0) is 13.6 Å². The van der Waals surface area contributed by atoms with Crippen LogP contribution >= 0.6 is 0 Å². The highest BCUT2D eigenvalue weighted by molar-refractivity contribution is 6.04. The number of aryl methyl sites for hydroxylation is 2. The van der Waals surface area contributed by atoms with Crippen LogP contribution in [0.5, 0.6) is 5.75 Å². The summed E-state index contributed by atoms with van der Waals surface area (Å²) < 4.78 is 21.6. The maximum Gasteiger partial charge on any atom is 0.296 e. The van der Waals surface area contributed by atoms with E-state index in [-0.39, 0.29) is 17.1 Å². The van der Waals surface area contributed by atoms with Crippen molar-refractivity contribution in [3.63, 3.8) is 0 Å². The highest BCUT2D eigenvalue weighted by atomic mass is 19.1. The van der Waals surface area contributed by atoms with Gasteiger partial charge < -0.3 is 14.9 Å². The van der Waals surface area contributed by atoms with Crippen LogP contribution in [0.2, 0.25) is 0 Å².